The molecule has 102 valence electrons. The van der Waals surface area contributed by atoms with Crippen molar-refractivity contribution in [3.05, 3.63) is 54.1 Å². The van der Waals surface area contributed by atoms with Crippen LogP contribution in [0.25, 0.3) is 0 Å². The molecule has 2 aromatic rings. The van der Waals surface area contributed by atoms with Gasteiger partial charge in [0.2, 0.25) is 0 Å². The average Bonchev–Trinajstić information content (AvgIpc) is 3.05. The van der Waals surface area contributed by atoms with Crippen LogP contribution in [0.2, 0.25) is 0 Å². The highest BCUT2D eigenvalue weighted by Crippen LogP contribution is 2.14. The zero-order chi connectivity index (χ0) is 13.9. The third-order valence-electron chi connectivity index (χ3n) is 3.27. The molecule has 1 aromatic carbocycles. The van der Waals surface area contributed by atoms with Gasteiger partial charge in [-0.2, -0.15) is 0 Å². The molecule has 0 spiro atoms. The first-order valence-electron chi connectivity index (χ1n) is 6.37. The molecule has 3 rings (SSSR count). The monoisotopic (exact) mass is 286 g/mol. The van der Waals surface area contributed by atoms with Gasteiger partial charge in [0.1, 0.15) is 6.04 Å². The van der Waals surface area contributed by atoms with Crippen LogP contribution in [0.1, 0.15) is 11.3 Å². The van der Waals surface area contributed by atoms with Crippen molar-refractivity contribution in [2.24, 2.45) is 0 Å². The predicted molar refractivity (Wildman–Crippen MR) is 78.8 cm³/mol. The molecule has 1 saturated heterocycles. The van der Waals surface area contributed by atoms with Crippen molar-refractivity contribution in [1.29, 1.82) is 0 Å². The number of thiocarbonyl (C=S) groups is 1. The number of H-pyrrole nitrogens is 1. The molecule has 5 nitrogen and oxygen atoms in total. The van der Waals surface area contributed by atoms with Gasteiger partial charge in [-0.25, -0.2) is 4.98 Å². The van der Waals surface area contributed by atoms with Crippen LogP contribution in [-0.4, -0.2) is 31.9 Å². The Kier molecular flexibility index (Phi) is 3.47. The molecular formula is C14H14N4OS. The SMILES string of the molecule is O=C1C(Cc2cnc[nH]2)NC(=S)N1Cc1ccccc1. The van der Waals surface area contributed by atoms with E-state index in [4.69, 9.17) is 12.2 Å². The molecule has 0 bridgehead atoms. The fraction of sp³-hybridized carbons (Fsp3) is 0.214. The molecule has 20 heavy (non-hydrogen) atoms. The molecule has 2 heterocycles. The number of carbonyl (C=O) groups excluding carboxylic acids is 1. The molecule has 1 unspecified atom stereocenters. The van der Waals surface area contributed by atoms with Gasteiger partial charge in [0.05, 0.1) is 12.9 Å². The number of aromatic nitrogens is 2. The average molecular weight is 286 g/mol. The fourth-order valence-electron chi connectivity index (χ4n) is 2.25. The second-order valence-electron chi connectivity index (χ2n) is 4.69. The van der Waals surface area contributed by atoms with Crippen LogP contribution in [0.4, 0.5) is 0 Å². The maximum absolute atomic E-state index is 12.4. The molecule has 0 radical (unpaired) electrons. The minimum Gasteiger partial charge on any atom is -0.350 e. The molecule has 2 N–H and O–H groups in total. The molecule has 1 fully saturated rings. The lowest BCUT2D eigenvalue weighted by molar-refractivity contribution is -0.127. The number of hydrogen-bond donors (Lipinski definition) is 2. The van der Waals surface area contributed by atoms with Crippen LogP contribution in [0, 0.1) is 0 Å². The zero-order valence-electron chi connectivity index (χ0n) is 10.7. The van der Waals surface area contributed by atoms with Gasteiger partial charge in [-0.15, -0.1) is 0 Å². The smallest absolute Gasteiger partial charge is 0.252 e. The number of carbonyl (C=O) groups is 1. The summed E-state index contributed by atoms with van der Waals surface area (Å²) in [5, 5.41) is 3.56. The highest BCUT2D eigenvalue weighted by Gasteiger charge is 2.35. The summed E-state index contributed by atoms with van der Waals surface area (Å²) in [5.74, 6) is 0.00783. The molecule has 1 aliphatic heterocycles. The number of hydrogen-bond acceptors (Lipinski definition) is 3. The largest absolute Gasteiger partial charge is 0.350 e. The Hall–Kier alpha value is -2.21. The van der Waals surface area contributed by atoms with E-state index in [-0.39, 0.29) is 11.9 Å². The summed E-state index contributed by atoms with van der Waals surface area (Å²) in [6.07, 6.45) is 3.89. The third kappa shape index (κ3) is 2.55. The molecule has 0 aliphatic carbocycles. The standard InChI is InChI=1S/C14H14N4OS/c19-13-12(6-11-7-15-9-16-11)17-14(20)18(13)8-10-4-2-1-3-5-10/h1-5,7,9,12H,6,8H2,(H,15,16)(H,17,20). The zero-order valence-corrected chi connectivity index (χ0v) is 11.6. The van der Waals surface area contributed by atoms with E-state index in [1.165, 1.54) is 0 Å². The van der Waals surface area contributed by atoms with E-state index in [1.807, 2.05) is 30.3 Å². The van der Waals surface area contributed by atoms with E-state index in [9.17, 15) is 4.79 Å². The quantitative estimate of drug-likeness (QED) is 0.830. The van der Waals surface area contributed by atoms with E-state index in [0.717, 1.165) is 11.3 Å². The Balaban J connectivity index is 1.70. The summed E-state index contributed by atoms with van der Waals surface area (Å²) >= 11 is 5.26. The van der Waals surface area contributed by atoms with Crippen LogP contribution < -0.4 is 5.32 Å². The van der Waals surface area contributed by atoms with Crippen LogP contribution in [0.15, 0.2) is 42.9 Å². The molecule has 6 heteroatoms. The van der Waals surface area contributed by atoms with Crippen molar-refractivity contribution in [2.45, 2.75) is 19.0 Å². The molecule has 1 aliphatic rings. The second-order valence-corrected chi connectivity index (χ2v) is 5.08. The summed E-state index contributed by atoms with van der Waals surface area (Å²) in [6, 6.07) is 9.51. The predicted octanol–water partition coefficient (Wildman–Crippen LogP) is 1.24. The van der Waals surface area contributed by atoms with Crippen molar-refractivity contribution in [3.63, 3.8) is 0 Å². The maximum atomic E-state index is 12.4. The van der Waals surface area contributed by atoms with Crippen LogP contribution in [0.5, 0.6) is 0 Å². The minimum atomic E-state index is -0.313. The molecular weight excluding hydrogens is 272 g/mol. The Morgan fingerprint density at radius 2 is 2.10 bits per heavy atom. The Labute approximate surface area is 122 Å². The van der Waals surface area contributed by atoms with Gasteiger partial charge in [0.25, 0.3) is 5.91 Å². The summed E-state index contributed by atoms with van der Waals surface area (Å²) < 4.78 is 0. The minimum absolute atomic E-state index is 0.00783. The van der Waals surface area contributed by atoms with Gasteiger partial charge in [-0.05, 0) is 17.8 Å². The van der Waals surface area contributed by atoms with Gasteiger partial charge in [0, 0.05) is 18.3 Å². The van der Waals surface area contributed by atoms with Gasteiger partial charge in [-0.1, -0.05) is 30.3 Å². The number of nitrogens with zero attached hydrogens (tertiary/aromatic N) is 2. The van der Waals surface area contributed by atoms with Crippen molar-refractivity contribution in [3.8, 4) is 0 Å². The van der Waals surface area contributed by atoms with Crippen LogP contribution in [-0.2, 0) is 17.8 Å². The van der Waals surface area contributed by atoms with Crippen molar-refractivity contribution >= 4 is 23.2 Å². The van der Waals surface area contributed by atoms with Crippen LogP contribution in [0.3, 0.4) is 0 Å². The summed E-state index contributed by atoms with van der Waals surface area (Å²) in [4.78, 5) is 21.0. The Bertz CT molecular complexity index is 611. The molecule has 1 amide bonds. The highest BCUT2D eigenvalue weighted by atomic mass is 32.1. The van der Waals surface area contributed by atoms with E-state index in [0.29, 0.717) is 18.1 Å². The maximum Gasteiger partial charge on any atom is 0.252 e. The first-order valence-corrected chi connectivity index (χ1v) is 6.78. The fourth-order valence-corrected chi connectivity index (χ4v) is 2.54. The lowest BCUT2D eigenvalue weighted by Crippen LogP contribution is -2.32. The third-order valence-corrected chi connectivity index (χ3v) is 3.61. The summed E-state index contributed by atoms with van der Waals surface area (Å²) in [5.41, 5.74) is 1.98. The van der Waals surface area contributed by atoms with Gasteiger partial charge in [-0.3, -0.25) is 9.69 Å². The lowest BCUT2D eigenvalue weighted by atomic mass is 10.1. The van der Waals surface area contributed by atoms with Crippen molar-refractivity contribution in [1.82, 2.24) is 20.2 Å². The van der Waals surface area contributed by atoms with Crippen molar-refractivity contribution in [2.75, 3.05) is 0 Å². The van der Waals surface area contributed by atoms with Gasteiger partial charge < -0.3 is 10.3 Å². The van der Waals surface area contributed by atoms with E-state index in [1.54, 1.807) is 17.4 Å². The lowest BCUT2D eigenvalue weighted by Gasteiger charge is -2.14. The second kappa shape index (κ2) is 5.42. The number of benzene rings is 1. The number of imidazole rings is 1. The first-order chi connectivity index (χ1) is 9.74. The normalized spacial score (nSPS) is 18.4. The topological polar surface area (TPSA) is 61.0 Å². The Morgan fingerprint density at radius 1 is 1.30 bits per heavy atom. The first kappa shape index (κ1) is 12.8. The van der Waals surface area contributed by atoms with E-state index in [2.05, 4.69) is 15.3 Å². The van der Waals surface area contributed by atoms with Crippen molar-refractivity contribution < 1.29 is 4.79 Å². The number of nitrogens with one attached hydrogen (secondary N) is 2. The highest BCUT2D eigenvalue weighted by molar-refractivity contribution is 7.80. The Morgan fingerprint density at radius 3 is 2.80 bits per heavy atom. The number of amides is 1. The van der Waals surface area contributed by atoms with Crippen LogP contribution >= 0.6 is 12.2 Å². The molecule has 1 atom stereocenters. The molecule has 0 saturated carbocycles. The van der Waals surface area contributed by atoms with E-state index >= 15 is 0 Å². The molecule has 1 aromatic heterocycles. The number of rotatable bonds is 4. The van der Waals surface area contributed by atoms with Gasteiger partial charge in [0.15, 0.2) is 5.11 Å². The van der Waals surface area contributed by atoms with E-state index < -0.39 is 0 Å². The summed E-state index contributed by atoms with van der Waals surface area (Å²) in [7, 11) is 0. The summed E-state index contributed by atoms with van der Waals surface area (Å²) in [6.45, 7) is 0.505. The number of aromatic amines is 1. The van der Waals surface area contributed by atoms with Gasteiger partial charge >= 0.3 is 0 Å².